The summed E-state index contributed by atoms with van der Waals surface area (Å²) in [5, 5.41) is 6.00. The lowest BCUT2D eigenvalue weighted by molar-refractivity contribution is -0.117. The van der Waals surface area contributed by atoms with Gasteiger partial charge >= 0.3 is 0 Å². The Balaban J connectivity index is 2.05. The van der Waals surface area contributed by atoms with Crippen LogP contribution in [-0.4, -0.2) is 39.3 Å². The van der Waals surface area contributed by atoms with Gasteiger partial charge in [-0.25, -0.2) is 0 Å². The van der Waals surface area contributed by atoms with Crippen LogP contribution in [0, 0.1) is 0 Å². The highest BCUT2D eigenvalue weighted by Gasteiger charge is 2.46. The minimum Gasteiger partial charge on any atom is -0.411 e. The number of nitrogens with one attached hydrogen (secondary N) is 2. The number of carbonyl (C=O) groups is 2. The van der Waals surface area contributed by atoms with Crippen molar-refractivity contribution < 1.29 is 14.0 Å². The lowest BCUT2D eigenvalue weighted by Gasteiger charge is -2.44. The van der Waals surface area contributed by atoms with Crippen LogP contribution in [0.3, 0.4) is 0 Å². The molecule has 0 aliphatic rings. The first-order valence-corrected chi connectivity index (χ1v) is 15.5. The van der Waals surface area contributed by atoms with E-state index >= 15 is 0 Å². The van der Waals surface area contributed by atoms with E-state index in [0.717, 1.165) is 11.1 Å². The van der Waals surface area contributed by atoms with Gasteiger partial charge in [0.15, 0.2) is 0 Å². The number of rotatable bonds is 14. The van der Waals surface area contributed by atoms with Crippen molar-refractivity contribution in [1.29, 1.82) is 0 Å². The van der Waals surface area contributed by atoms with Gasteiger partial charge in [0.2, 0.25) is 20.1 Å². The number of carbonyl (C=O) groups excluding carboxylic acids is 2. The predicted molar refractivity (Wildman–Crippen MR) is 158 cm³/mol. The summed E-state index contributed by atoms with van der Waals surface area (Å²) in [6, 6.07) is 19.5. The zero-order valence-corrected chi connectivity index (χ0v) is 24.2. The van der Waals surface area contributed by atoms with E-state index in [-0.39, 0.29) is 17.9 Å². The smallest absolute Gasteiger partial charge is 0.244 e. The second-order valence-electron chi connectivity index (χ2n) is 10.4. The SMILES string of the molecule is CC(C)[Si](O[C@@H](CCNC(=O)/C=C/c1ccccc1)CNC(=O)/C=C/c1ccccc1)(C(C)C)C(C)C. The Bertz CT molecular complexity index is 995. The lowest BCUT2D eigenvalue weighted by atomic mass is 10.2. The summed E-state index contributed by atoms with van der Waals surface area (Å²) >= 11 is 0. The quantitative estimate of drug-likeness (QED) is 0.218. The maximum atomic E-state index is 12.6. The molecule has 2 amide bonds. The molecule has 37 heavy (non-hydrogen) atoms. The molecule has 0 aliphatic carbocycles. The molecular weight excluding hydrogens is 476 g/mol. The first kappa shape index (κ1) is 30.3. The second kappa shape index (κ2) is 15.3. The van der Waals surface area contributed by atoms with E-state index < -0.39 is 8.32 Å². The van der Waals surface area contributed by atoms with E-state index in [9.17, 15) is 9.59 Å². The third-order valence-corrected chi connectivity index (χ3v) is 13.0. The molecule has 6 heteroatoms. The molecule has 1 atom stereocenters. The molecule has 0 spiro atoms. The van der Waals surface area contributed by atoms with Crippen molar-refractivity contribution in [2.45, 2.75) is 70.7 Å². The van der Waals surface area contributed by atoms with Crippen LogP contribution in [0.2, 0.25) is 16.6 Å². The molecule has 2 aromatic rings. The maximum Gasteiger partial charge on any atom is 0.244 e. The molecule has 0 fully saturated rings. The minimum absolute atomic E-state index is 0.141. The van der Waals surface area contributed by atoms with E-state index in [2.05, 4.69) is 52.2 Å². The average Bonchev–Trinajstić information content (AvgIpc) is 2.88. The van der Waals surface area contributed by atoms with Crippen molar-refractivity contribution in [2.75, 3.05) is 13.1 Å². The second-order valence-corrected chi connectivity index (χ2v) is 15.8. The van der Waals surface area contributed by atoms with Gasteiger partial charge in [-0.15, -0.1) is 0 Å². The van der Waals surface area contributed by atoms with E-state index in [1.807, 2.05) is 60.7 Å². The van der Waals surface area contributed by atoms with Crippen LogP contribution in [0.5, 0.6) is 0 Å². The predicted octanol–water partition coefficient (Wildman–Crippen LogP) is 6.60. The molecule has 0 unspecified atom stereocenters. The highest BCUT2D eigenvalue weighted by molar-refractivity contribution is 6.77. The van der Waals surface area contributed by atoms with E-state index in [0.29, 0.717) is 36.1 Å². The van der Waals surface area contributed by atoms with Crippen LogP contribution in [0.25, 0.3) is 12.2 Å². The van der Waals surface area contributed by atoms with Crippen LogP contribution in [-0.2, 0) is 14.0 Å². The van der Waals surface area contributed by atoms with Crippen molar-refractivity contribution >= 4 is 32.3 Å². The minimum atomic E-state index is -2.17. The monoisotopic (exact) mass is 520 g/mol. The van der Waals surface area contributed by atoms with Gasteiger partial charge in [-0.05, 0) is 46.3 Å². The van der Waals surface area contributed by atoms with Crippen LogP contribution >= 0.6 is 0 Å². The highest BCUT2D eigenvalue weighted by Crippen LogP contribution is 2.43. The van der Waals surface area contributed by atoms with Crippen LogP contribution in [0.15, 0.2) is 72.8 Å². The molecule has 2 N–H and O–H groups in total. The topological polar surface area (TPSA) is 67.4 Å². The standard InChI is InChI=1S/C31H44N2O3Si/c1-24(2)37(25(3)4,26(5)6)36-29(23-33-31(35)20-18-28-15-11-8-12-16-28)21-22-32-30(34)19-17-27-13-9-7-10-14-27/h7-20,24-26,29H,21-23H2,1-6H3,(H,32,34)(H,33,35)/b19-17+,20-18+/t29-/m0/s1. The number of hydrogen-bond acceptors (Lipinski definition) is 3. The Labute approximate surface area is 224 Å². The number of amides is 2. The zero-order valence-electron chi connectivity index (χ0n) is 23.2. The largest absolute Gasteiger partial charge is 0.411 e. The molecular formula is C31H44N2O3Si. The van der Waals surface area contributed by atoms with E-state index in [1.165, 1.54) is 0 Å². The van der Waals surface area contributed by atoms with Gasteiger partial charge in [-0.3, -0.25) is 9.59 Å². The summed E-state index contributed by atoms with van der Waals surface area (Å²) in [5.74, 6) is -0.296. The highest BCUT2D eigenvalue weighted by atomic mass is 28.4. The van der Waals surface area contributed by atoms with Gasteiger partial charge in [-0.2, -0.15) is 0 Å². The average molecular weight is 521 g/mol. The third-order valence-electron chi connectivity index (χ3n) is 6.80. The summed E-state index contributed by atoms with van der Waals surface area (Å²) in [4.78, 5) is 25.0. The van der Waals surface area contributed by atoms with Crippen molar-refractivity contribution in [3.05, 3.63) is 83.9 Å². The summed E-state index contributed by atoms with van der Waals surface area (Å²) in [5.41, 5.74) is 3.22. The fraction of sp³-hybridized carbons (Fsp3) is 0.419. The molecule has 0 saturated carbocycles. The molecule has 2 aromatic carbocycles. The van der Waals surface area contributed by atoms with Gasteiger partial charge < -0.3 is 15.1 Å². The molecule has 0 saturated heterocycles. The van der Waals surface area contributed by atoms with Crippen molar-refractivity contribution in [3.63, 3.8) is 0 Å². The maximum absolute atomic E-state index is 12.6. The van der Waals surface area contributed by atoms with Crippen LogP contribution in [0.1, 0.15) is 59.1 Å². The Morgan fingerprint density at radius 1 is 0.730 bits per heavy atom. The summed E-state index contributed by atoms with van der Waals surface area (Å²) in [6.07, 6.45) is 7.15. The third kappa shape index (κ3) is 9.78. The van der Waals surface area contributed by atoms with Gasteiger partial charge in [0.05, 0.1) is 6.10 Å². The molecule has 200 valence electrons. The number of hydrogen-bond donors (Lipinski definition) is 2. The summed E-state index contributed by atoms with van der Waals surface area (Å²) < 4.78 is 6.98. The van der Waals surface area contributed by atoms with E-state index in [4.69, 9.17) is 4.43 Å². The van der Waals surface area contributed by atoms with Gasteiger partial charge in [-0.1, -0.05) is 102 Å². The fourth-order valence-corrected chi connectivity index (χ4v) is 10.7. The van der Waals surface area contributed by atoms with Crippen molar-refractivity contribution in [2.24, 2.45) is 0 Å². The van der Waals surface area contributed by atoms with E-state index in [1.54, 1.807) is 24.3 Å². The molecule has 0 aliphatic heterocycles. The first-order chi connectivity index (χ1) is 17.6. The molecule has 5 nitrogen and oxygen atoms in total. The molecule has 2 rings (SSSR count). The zero-order chi connectivity index (χ0) is 27.3. The van der Waals surface area contributed by atoms with Gasteiger partial charge in [0.1, 0.15) is 0 Å². The van der Waals surface area contributed by atoms with Gasteiger partial charge in [0, 0.05) is 25.2 Å². The molecule has 0 heterocycles. The Hall–Kier alpha value is -2.96. The summed E-state index contributed by atoms with van der Waals surface area (Å²) in [6.45, 7) is 14.4. The molecule has 0 radical (unpaired) electrons. The Morgan fingerprint density at radius 2 is 1.16 bits per heavy atom. The van der Waals surface area contributed by atoms with Crippen LogP contribution in [0.4, 0.5) is 0 Å². The van der Waals surface area contributed by atoms with Crippen molar-refractivity contribution in [3.8, 4) is 0 Å². The number of benzene rings is 2. The Morgan fingerprint density at radius 3 is 1.59 bits per heavy atom. The van der Waals surface area contributed by atoms with Crippen molar-refractivity contribution in [1.82, 2.24) is 10.6 Å². The normalized spacial score (nSPS) is 13.1. The van der Waals surface area contributed by atoms with Crippen LogP contribution < -0.4 is 10.6 Å². The first-order valence-electron chi connectivity index (χ1n) is 13.3. The summed E-state index contributed by atoms with van der Waals surface area (Å²) in [7, 11) is -2.17. The lowest BCUT2D eigenvalue weighted by Crippen LogP contribution is -2.52. The molecule has 0 aromatic heterocycles. The molecule has 0 bridgehead atoms. The Kier molecular flexibility index (Phi) is 12.5. The fourth-order valence-electron chi connectivity index (χ4n) is 5.06. The van der Waals surface area contributed by atoms with Gasteiger partial charge in [0.25, 0.3) is 0 Å².